The van der Waals surface area contributed by atoms with E-state index in [1.54, 1.807) is 18.6 Å². The van der Waals surface area contributed by atoms with Crippen molar-refractivity contribution in [2.45, 2.75) is 6.42 Å². The third-order valence-corrected chi connectivity index (χ3v) is 1.62. The van der Waals surface area contributed by atoms with E-state index in [2.05, 4.69) is 27.9 Å². The summed E-state index contributed by atoms with van der Waals surface area (Å²) in [6, 6.07) is 0. The van der Waals surface area contributed by atoms with E-state index < -0.39 is 0 Å². The van der Waals surface area contributed by atoms with E-state index in [4.69, 9.17) is 0 Å². The molecule has 0 saturated heterocycles. The van der Waals surface area contributed by atoms with Crippen LogP contribution in [-0.4, -0.2) is 28.2 Å². The van der Waals surface area contributed by atoms with Crippen LogP contribution < -0.4 is 5.32 Å². The second kappa shape index (κ2) is 5.53. The number of carbonyl (C=O) groups is 1. The van der Waals surface area contributed by atoms with Gasteiger partial charge in [-0.3, -0.25) is 14.8 Å². The first-order chi connectivity index (χ1) is 6.33. The Morgan fingerprint density at radius 2 is 2.38 bits per heavy atom. The lowest BCUT2D eigenvalue weighted by molar-refractivity contribution is -0.120. The number of carbonyl (C=O) groups excluding carboxylic acids is 1. The Balaban J connectivity index is 2.37. The van der Waals surface area contributed by atoms with Gasteiger partial charge in [-0.1, -0.05) is 0 Å². The summed E-state index contributed by atoms with van der Waals surface area (Å²) >= 11 is 3.98. The van der Waals surface area contributed by atoms with Crippen LogP contribution >= 0.6 is 12.6 Å². The molecule has 0 aliphatic carbocycles. The average molecular weight is 197 g/mol. The Hall–Kier alpha value is -1.10. The van der Waals surface area contributed by atoms with Gasteiger partial charge in [0.2, 0.25) is 5.91 Å². The van der Waals surface area contributed by atoms with Crippen molar-refractivity contribution in [3.8, 4) is 0 Å². The molecule has 1 rings (SSSR count). The van der Waals surface area contributed by atoms with Crippen molar-refractivity contribution in [3.63, 3.8) is 0 Å². The summed E-state index contributed by atoms with van der Waals surface area (Å²) < 4.78 is 0. The number of hydrogen-bond acceptors (Lipinski definition) is 4. The molecule has 0 fully saturated rings. The highest BCUT2D eigenvalue weighted by Gasteiger charge is 2.02. The smallest absolute Gasteiger partial charge is 0.226 e. The van der Waals surface area contributed by atoms with Gasteiger partial charge in [-0.25, -0.2) is 0 Å². The molecule has 1 aromatic rings. The summed E-state index contributed by atoms with van der Waals surface area (Å²) in [6.45, 7) is 0.586. The predicted octanol–water partition coefficient (Wildman–Crippen LogP) is 0.0651. The van der Waals surface area contributed by atoms with Crippen molar-refractivity contribution in [3.05, 3.63) is 24.3 Å². The lowest BCUT2D eigenvalue weighted by Gasteiger charge is -2.01. The normalized spacial score (nSPS) is 9.62. The first kappa shape index (κ1) is 9.98. The summed E-state index contributed by atoms with van der Waals surface area (Å²) in [6.07, 6.45) is 5.01. The molecule has 0 saturated carbocycles. The molecule has 13 heavy (non-hydrogen) atoms. The van der Waals surface area contributed by atoms with Gasteiger partial charge in [-0.05, 0) is 0 Å². The number of rotatable bonds is 4. The van der Waals surface area contributed by atoms with Crippen LogP contribution in [0.5, 0.6) is 0 Å². The minimum absolute atomic E-state index is 0.0467. The fourth-order valence-corrected chi connectivity index (χ4v) is 0.955. The fraction of sp³-hybridized carbons (Fsp3) is 0.375. The molecule has 0 aliphatic heterocycles. The second-order valence-corrected chi connectivity index (χ2v) is 2.89. The Kier molecular flexibility index (Phi) is 4.25. The van der Waals surface area contributed by atoms with Gasteiger partial charge in [0.15, 0.2) is 0 Å². The zero-order valence-corrected chi connectivity index (χ0v) is 8.00. The van der Waals surface area contributed by atoms with Crippen molar-refractivity contribution < 1.29 is 4.79 Å². The Morgan fingerprint density at radius 1 is 1.54 bits per heavy atom. The topological polar surface area (TPSA) is 54.9 Å². The lowest BCUT2D eigenvalue weighted by atomic mass is 10.3. The predicted molar refractivity (Wildman–Crippen MR) is 52.6 cm³/mol. The molecule has 70 valence electrons. The first-order valence-electron chi connectivity index (χ1n) is 3.95. The third kappa shape index (κ3) is 3.89. The summed E-state index contributed by atoms with van der Waals surface area (Å²) in [4.78, 5) is 19.0. The molecular weight excluding hydrogens is 186 g/mol. The molecule has 1 aromatic heterocycles. The van der Waals surface area contributed by atoms with E-state index in [9.17, 15) is 4.79 Å². The Bertz CT molecular complexity index is 265. The molecular formula is C8H11N3OS. The monoisotopic (exact) mass is 197 g/mol. The van der Waals surface area contributed by atoms with Crippen LogP contribution in [0.3, 0.4) is 0 Å². The quantitative estimate of drug-likeness (QED) is 0.671. The minimum atomic E-state index is -0.0467. The first-order valence-corrected chi connectivity index (χ1v) is 4.58. The summed E-state index contributed by atoms with van der Waals surface area (Å²) in [7, 11) is 0. The highest BCUT2D eigenvalue weighted by atomic mass is 32.1. The zero-order valence-electron chi connectivity index (χ0n) is 7.10. The molecule has 0 spiro atoms. The van der Waals surface area contributed by atoms with Gasteiger partial charge in [0.1, 0.15) is 0 Å². The molecule has 0 bridgehead atoms. The number of amides is 1. The lowest BCUT2D eigenvalue weighted by Crippen LogP contribution is -2.27. The summed E-state index contributed by atoms with van der Waals surface area (Å²) in [5.41, 5.74) is 0.680. The third-order valence-electron chi connectivity index (χ3n) is 1.39. The SMILES string of the molecule is O=C(Cc1cnccn1)NCCS. The summed E-state index contributed by atoms with van der Waals surface area (Å²) in [5.74, 6) is 0.598. The largest absolute Gasteiger partial charge is 0.355 e. The van der Waals surface area contributed by atoms with Gasteiger partial charge in [0.25, 0.3) is 0 Å². The fourth-order valence-electron chi connectivity index (χ4n) is 0.844. The van der Waals surface area contributed by atoms with E-state index >= 15 is 0 Å². The van der Waals surface area contributed by atoms with Gasteiger partial charge < -0.3 is 5.32 Å². The molecule has 5 heteroatoms. The summed E-state index contributed by atoms with van der Waals surface area (Å²) in [5, 5.41) is 2.70. The number of thiol groups is 1. The Morgan fingerprint density at radius 3 is 3.00 bits per heavy atom. The van der Waals surface area contributed by atoms with Crippen LogP contribution in [0.2, 0.25) is 0 Å². The van der Waals surface area contributed by atoms with Crippen LogP contribution in [-0.2, 0) is 11.2 Å². The maximum atomic E-state index is 11.2. The molecule has 0 aromatic carbocycles. The van der Waals surface area contributed by atoms with Gasteiger partial charge in [0.05, 0.1) is 12.1 Å². The van der Waals surface area contributed by atoms with Gasteiger partial charge >= 0.3 is 0 Å². The highest BCUT2D eigenvalue weighted by molar-refractivity contribution is 7.80. The molecule has 4 nitrogen and oxygen atoms in total. The van der Waals surface area contributed by atoms with Crippen molar-refractivity contribution in [2.75, 3.05) is 12.3 Å². The van der Waals surface area contributed by atoms with E-state index in [1.165, 1.54) is 0 Å². The van der Waals surface area contributed by atoms with Gasteiger partial charge in [-0.2, -0.15) is 12.6 Å². The second-order valence-electron chi connectivity index (χ2n) is 2.45. The van der Waals surface area contributed by atoms with Crippen molar-refractivity contribution in [2.24, 2.45) is 0 Å². The molecule has 0 atom stereocenters. The van der Waals surface area contributed by atoms with Crippen LogP contribution in [0.25, 0.3) is 0 Å². The molecule has 1 N–H and O–H groups in total. The van der Waals surface area contributed by atoms with Crippen LogP contribution in [0, 0.1) is 0 Å². The van der Waals surface area contributed by atoms with Crippen molar-refractivity contribution >= 4 is 18.5 Å². The number of nitrogens with zero attached hydrogens (tertiary/aromatic N) is 2. The number of nitrogens with one attached hydrogen (secondary N) is 1. The van der Waals surface area contributed by atoms with Gasteiger partial charge in [0, 0.05) is 30.9 Å². The van der Waals surface area contributed by atoms with Crippen LogP contribution in [0.1, 0.15) is 5.69 Å². The van der Waals surface area contributed by atoms with E-state index in [0.717, 1.165) is 0 Å². The number of hydrogen-bond donors (Lipinski definition) is 2. The van der Waals surface area contributed by atoms with Gasteiger partial charge in [-0.15, -0.1) is 0 Å². The Labute approximate surface area is 82.2 Å². The maximum Gasteiger partial charge on any atom is 0.226 e. The highest BCUT2D eigenvalue weighted by Crippen LogP contribution is 1.91. The van der Waals surface area contributed by atoms with E-state index in [1.807, 2.05) is 0 Å². The molecule has 0 radical (unpaired) electrons. The standard InChI is InChI=1S/C8H11N3OS/c12-8(11-3-4-13)5-7-6-9-1-2-10-7/h1-2,6,13H,3-5H2,(H,11,12). The molecule has 0 aliphatic rings. The minimum Gasteiger partial charge on any atom is -0.355 e. The van der Waals surface area contributed by atoms with E-state index in [-0.39, 0.29) is 12.3 Å². The number of aromatic nitrogens is 2. The van der Waals surface area contributed by atoms with Crippen molar-refractivity contribution in [1.29, 1.82) is 0 Å². The zero-order chi connectivity index (χ0) is 9.52. The molecule has 0 unspecified atom stereocenters. The average Bonchev–Trinajstić information content (AvgIpc) is 2.16. The maximum absolute atomic E-state index is 11.2. The molecule has 1 amide bonds. The van der Waals surface area contributed by atoms with Crippen molar-refractivity contribution in [1.82, 2.24) is 15.3 Å². The van der Waals surface area contributed by atoms with Crippen LogP contribution in [0.4, 0.5) is 0 Å². The van der Waals surface area contributed by atoms with E-state index in [0.29, 0.717) is 18.0 Å². The molecule has 1 heterocycles. The van der Waals surface area contributed by atoms with Crippen LogP contribution in [0.15, 0.2) is 18.6 Å².